The number of ether oxygens (including phenoxy) is 1. The van der Waals surface area contributed by atoms with Gasteiger partial charge in [0.25, 0.3) is 0 Å². The summed E-state index contributed by atoms with van der Waals surface area (Å²) in [4.78, 5) is 8.56. The molecule has 1 aromatic heterocycles. The molecule has 1 unspecified atom stereocenters. The Bertz CT molecular complexity index is 885. The van der Waals surface area contributed by atoms with Gasteiger partial charge in [-0.05, 0) is 48.8 Å². The second-order valence-corrected chi connectivity index (χ2v) is 10.2. The summed E-state index contributed by atoms with van der Waals surface area (Å²) in [5, 5.41) is 0. The Balaban J connectivity index is 1.53. The molecule has 3 rings (SSSR count). The van der Waals surface area contributed by atoms with Crippen LogP contribution in [0.4, 0.5) is 8.78 Å². The van der Waals surface area contributed by atoms with Gasteiger partial charge in [-0.2, -0.15) is 0 Å². The fraction of sp³-hybridized carbons (Fsp3) is 0.667. The third-order valence-electron chi connectivity index (χ3n) is 7.32. The van der Waals surface area contributed by atoms with E-state index in [0.717, 1.165) is 37.7 Å². The Hall–Kier alpha value is -2.04. The molecule has 1 atom stereocenters. The summed E-state index contributed by atoms with van der Waals surface area (Å²) in [6, 6.07) is 1.76. The summed E-state index contributed by atoms with van der Waals surface area (Å²) >= 11 is 0. The lowest BCUT2D eigenvalue weighted by Crippen LogP contribution is -2.17. The van der Waals surface area contributed by atoms with Gasteiger partial charge in [-0.15, -0.1) is 0 Å². The molecule has 0 amide bonds. The van der Waals surface area contributed by atoms with E-state index in [1.165, 1.54) is 64.2 Å². The molecule has 1 aliphatic carbocycles. The van der Waals surface area contributed by atoms with E-state index in [1.807, 2.05) is 0 Å². The van der Waals surface area contributed by atoms with Gasteiger partial charge in [0.15, 0.2) is 23.2 Å². The van der Waals surface area contributed by atoms with Crippen LogP contribution in [0.2, 0.25) is 0 Å². The van der Waals surface area contributed by atoms with Crippen molar-refractivity contribution >= 4 is 0 Å². The van der Waals surface area contributed by atoms with Crippen LogP contribution in [-0.2, 0) is 12.8 Å². The molecule has 5 heteroatoms. The maximum atomic E-state index is 15.1. The molecule has 194 valence electrons. The molecule has 2 aromatic rings. The minimum absolute atomic E-state index is 0.151. The highest BCUT2D eigenvalue weighted by Crippen LogP contribution is 2.35. The first-order valence-corrected chi connectivity index (χ1v) is 14.1. The number of aromatic nitrogens is 2. The van der Waals surface area contributed by atoms with Crippen molar-refractivity contribution in [3.05, 3.63) is 41.2 Å². The van der Waals surface area contributed by atoms with Crippen molar-refractivity contribution < 1.29 is 13.5 Å². The van der Waals surface area contributed by atoms with Gasteiger partial charge in [0.05, 0.1) is 24.6 Å². The molecule has 0 N–H and O–H groups in total. The van der Waals surface area contributed by atoms with Gasteiger partial charge in [-0.3, -0.25) is 0 Å². The van der Waals surface area contributed by atoms with Gasteiger partial charge in [0.1, 0.15) is 0 Å². The van der Waals surface area contributed by atoms with E-state index in [0.29, 0.717) is 30.3 Å². The second kappa shape index (κ2) is 15.2. The average molecular weight is 487 g/mol. The van der Waals surface area contributed by atoms with Crippen LogP contribution in [0.25, 0.3) is 11.4 Å². The number of hydrogen-bond acceptors (Lipinski definition) is 3. The maximum absolute atomic E-state index is 15.1. The normalized spacial score (nSPS) is 15.3. The predicted molar refractivity (Wildman–Crippen MR) is 140 cm³/mol. The van der Waals surface area contributed by atoms with Gasteiger partial charge >= 0.3 is 0 Å². The van der Waals surface area contributed by atoms with Crippen molar-refractivity contribution in [1.82, 2.24) is 9.97 Å². The van der Waals surface area contributed by atoms with Gasteiger partial charge in [0.2, 0.25) is 0 Å². The topological polar surface area (TPSA) is 35.0 Å². The summed E-state index contributed by atoms with van der Waals surface area (Å²) in [6.45, 7) is 5.06. The maximum Gasteiger partial charge on any atom is 0.170 e. The molecular weight excluding hydrogens is 442 g/mol. The minimum Gasteiger partial charge on any atom is -0.490 e. The number of benzene rings is 1. The molecule has 1 aromatic carbocycles. The first-order chi connectivity index (χ1) is 17.1. The molecule has 35 heavy (non-hydrogen) atoms. The van der Waals surface area contributed by atoms with Crippen molar-refractivity contribution in [3.63, 3.8) is 0 Å². The number of hydrogen-bond donors (Lipinski definition) is 0. The van der Waals surface area contributed by atoms with Crippen LogP contribution in [0, 0.1) is 17.6 Å². The lowest BCUT2D eigenvalue weighted by atomic mass is 9.80. The van der Waals surface area contributed by atoms with Gasteiger partial charge in [0, 0.05) is 0 Å². The largest absolute Gasteiger partial charge is 0.490 e. The molecule has 0 fully saturated rings. The second-order valence-electron chi connectivity index (χ2n) is 10.2. The van der Waals surface area contributed by atoms with E-state index in [4.69, 9.17) is 4.74 Å². The Morgan fingerprint density at radius 2 is 1.46 bits per heavy atom. The zero-order chi connectivity index (χ0) is 24.9. The number of halogens is 2. The highest BCUT2D eigenvalue weighted by molar-refractivity contribution is 5.59. The van der Waals surface area contributed by atoms with Crippen molar-refractivity contribution in [2.75, 3.05) is 6.61 Å². The molecule has 1 heterocycles. The predicted octanol–water partition coefficient (Wildman–Crippen LogP) is 9.02. The van der Waals surface area contributed by atoms with Crippen LogP contribution in [0.15, 0.2) is 18.5 Å². The number of fused-ring (bicyclic) bond motifs is 1. The standard InChI is InChI=1S/C30H44F2N2O/c1-3-5-7-9-11-13-15-23-16-17-24-20-27(29(32)28(31)26(24)19-23)30-33-21-25(22-34-30)35-18-14-12-10-8-6-4-2/h20-23H,3-19H2,1-2H3. The van der Waals surface area contributed by atoms with Gasteiger partial charge < -0.3 is 4.74 Å². The van der Waals surface area contributed by atoms with Crippen LogP contribution >= 0.6 is 0 Å². The molecule has 1 aliphatic rings. The van der Waals surface area contributed by atoms with Gasteiger partial charge in [-0.1, -0.05) is 90.9 Å². The zero-order valence-electron chi connectivity index (χ0n) is 21.9. The third kappa shape index (κ3) is 8.54. The number of nitrogens with zero attached hydrogens (tertiary/aromatic N) is 2. The first-order valence-electron chi connectivity index (χ1n) is 14.1. The summed E-state index contributed by atoms with van der Waals surface area (Å²) in [5.74, 6) is -0.307. The number of rotatable bonds is 16. The molecular formula is C30H44F2N2O. The Morgan fingerprint density at radius 1 is 0.829 bits per heavy atom. The van der Waals surface area contributed by atoms with Crippen LogP contribution in [0.1, 0.15) is 115 Å². The third-order valence-corrected chi connectivity index (χ3v) is 7.32. The van der Waals surface area contributed by atoms with E-state index < -0.39 is 11.6 Å². The monoisotopic (exact) mass is 486 g/mol. The summed E-state index contributed by atoms with van der Waals surface area (Å²) in [6.07, 6.45) is 21.5. The lowest BCUT2D eigenvalue weighted by molar-refractivity contribution is 0.302. The fourth-order valence-corrected chi connectivity index (χ4v) is 5.14. The van der Waals surface area contributed by atoms with Crippen LogP contribution in [-0.4, -0.2) is 16.6 Å². The molecule has 0 aliphatic heterocycles. The molecule has 0 spiro atoms. The highest BCUT2D eigenvalue weighted by Gasteiger charge is 2.26. The molecule has 0 saturated carbocycles. The van der Waals surface area contributed by atoms with Gasteiger partial charge in [-0.25, -0.2) is 18.7 Å². The molecule has 3 nitrogen and oxygen atoms in total. The van der Waals surface area contributed by atoms with Crippen molar-refractivity contribution in [3.8, 4) is 17.1 Å². The minimum atomic E-state index is -0.829. The van der Waals surface area contributed by atoms with E-state index in [1.54, 1.807) is 18.5 Å². The lowest BCUT2D eigenvalue weighted by Gasteiger charge is -2.26. The van der Waals surface area contributed by atoms with Crippen molar-refractivity contribution in [2.45, 2.75) is 117 Å². The SMILES string of the molecule is CCCCCCCCOc1cnc(-c2cc3c(c(F)c2F)CC(CCCCCCCC)CC3)nc1. The molecule has 0 saturated heterocycles. The quantitative estimate of drug-likeness (QED) is 0.222. The van der Waals surface area contributed by atoms with E-state index in [-0.39, 0.29) is 11.4 Å². The summed E-state index contributed by atoms with van der Waals surface area (Å²) in [5.41, 5.74) is 1.62. The smallest absolute Gasteiger partial charge is 0.170 e. The van der Waals surface area contributed by atoms with Crippen molar-refractivity contribution in [2.24, 2.45) is 5.92 Å². The first kappa shape index (κ1) is 27.5. The van der Waals surface area contributed by atoms with Crippen LogP contribution in [0.5, 0.6) is 5.75 Å². The van der Waals surface area contributed by atoms with E-state index in [2.05, 4.69) is 23.8 Å². The van der Waals surface area contributed by atoms with Crippen LogP contribution < -0.4 is 4.74 Å². The van der Waals surface area contributed by atoms with E-state index >= 15 is 8.78 Å². The Morgan fingerprint density at radius 3 is 2.14 bits per heavy atom. The van der Waals surface area contributed by atoms with Crippen LogP contribution in [0.3, 0.4) is 0 Å². The molecule has 0 radical (unpaired) electrons. The zero-order valence-corrected chi connectivity index (χ0v) is 21.9. The Kier molecular flexibility index (Phi) is 11.9. The van der Waals surface area contributed by atoms with E-state index in [9.17, 15) is 0 Å². The summed E-state index contributed by atoms with van der Waals surface area (Å²) in [7, 11) is 0. The number of aryl methyl sites for hydroxylation is 1. The summed E-state index contributed by atoms with van der Waals surface area (Å²) < 4.78 is 35.8. The Labute approximate surface area is 211 Å². The molecule has 0 bridgehead atoms. The number of unbranched alkanes of at least 4 members (excludes halogenated alkanes) is 10. The fourth-order valence-electron chi connectivity index (χ4n) is 5.14. The average Bonchev–Trinajstić information content (AvgIpc) is 2.88. The van der Waals surface area contributed by atoms with Crippen molar-refractivity contribution in [1.29, 1.82) is 0 Å². The highest BCUT2D eigenvalue weighted by atomic mass is 19.2.